The number of pyridine rings is 1. The molecule has 4 rings (SSSR count). The molecular weight excluding hydrogens is 498 g/mol. The summed E-state index contributed by atoms with van der Waals surface area (Å²) >= 11 is 0. The number of nitrogens with zero attached hydrogens (tertiary/aromatic N) is 2. The van der Waals surface area contributed by atoms with Crippen LogP contribution in [-0.4, -0.2) is 51.9 Å². The molecule has 1 aliphatic rings. The van der Waals surface area contributed by atoms with Gasteiger partial charge in [0.05, 0.1) is 6.54 Å². The van der Waals surface area contributed by atoms with Gasteiger partial charge in [-0.15, -0.1) is 0 Å². The molecule has 0 aliphatic heterocycles. The highest BCUT2D eigenvalue weighted by molar-refractivity contribution is 5.84. The summed E-state index contributed by atoms with van der Waals surface area (Å²) in [7, 11) is 0. The number of fused-ring (bicyclic) bond motifs is 3. The van der Waals surface area contributed by atoms with Crippen LogP contribution < -0.4 is 5.32 Å². The molecule has 9 heteroatoms. The Morgan fingerprint density at radius 3 is 2.23 bits per heavy atom. The molecule has 3 aromatic rings. The number of nitrogens with one attached hydrogen (secondary N) is 1. The molecule has 0 spiro atoms. The molecule has 1 aromatic heterocycles. The molecule has 0 saturated heterocycles. The van der Waals surface area contributed by atoms with Gasteiger partial charge in [-0.2, -0.15) is 0 Å². The summed E-state index contributed by atoms with van der Waals surface area (Å²) in [6.07, 6.45) is 0.436. The molecule has 0 atom stereocenters. The predicted octanol–water partition coefficient (Wildman–Crippen LogP) is 6.04. The quantitative estimate of drug-likeness (QED) is 0.345. The highest BCUT2D eigenvalue weighted by atomic mass is 16.6. The summed E-state index contributed by atoms with van der Waals surface area (Å²) in [6.45, 7) is 5.63. The third-order valence-electron chi connectivity index (χ3n) is 6.28. The van der Waals surface area contributed by atoms with Crippen LogP contribution in [-0.2, 0) is 20.8 Å². The second-order valence-electron chi connectivity index (χ2n) is 10.4. The fourth-order valence-corrected chi connectivity index (χ4v) is 4.63. The zero-order valence-electron chi connectivity index (χ0n) is 22.3. The van der Waals surface area contributed by atoms with E-state index in [-0.39, 0.29) is 44.3 Å². The smallest absolute Gasteiger partial charge is 0.413 e. The van der Waals surface area contributed by atoms with Crippen LogP contribution in [0.4, 0.5) is 15.4 Å². The molecule has 1 heterocycles. The highest BCUT2D eigenvalue weighted by Gasteiger charge is 2.30. The molecule has 39 heavy (non-hydrogen) atoms. The van der Waals surface area contributed by atoms with E-state index in [9.17, 15) is 14.4 Å². The lowest BCUT2D eigenvalue weighted by atomic mass is 9.98. The summed E-state index contributed by atoms with van der Waals surface area (Å²) in [5, 5.41) is 11.8. The Bertz CT molecular complexity index is 1300. The Kier molecular flexibility index (Phi) is 8.49. The van der Waals surface area contributed by atoms with E-state index >= 15 is 0 Å². The van der Waals surface area contributed by atoms with E-state index in [1.54, 1.807) is 32.9 Å². The maximum atomic E-state index is 13.3. The van der Waals surface area contributed by atoms with Gasteiger partial charge in [-0.25, -0.2) is 14.6 Å². The van der Waals surface area contributed by atoms with Gasteiger partial charge in [0.2, 0.25) is 0 Å². The molecule has 1 aliphatic carbocycles. The van der Waals surface area contributed by atoms with E-state index < -0.39 is 23.8 Å². The number of hydrogen-bond acceptors (Lipinski definition) is 6. The van der Waals surface area contributed by atoms with Crippen LogP contribution in [0.25, 0.3) is 11.1 Å². The van der Waals surface area contributed by atoms with Gasteiger partial charge in [-0.3, -0.25) is 10.1 Å². The Hall–Kier alpha value is -4.40. The highest BCUT2D eigenvalue weighted by Crippen LogP contribution is 2.44. The van der Waals surface area contributed by atoms with E-state index in [2.05, 4.69) is 22.4 Å². The van der Waals surface area contributed by atoms with Gasteiger partial charge >= 0.3 is 18.2 Å². The number of amides is 2. The zero-order valence-corrected chi connectivity index (χ0v) is 22.3. The van der Waals surface area contributed by atoms with Crippen LogP contribution >= 0.6 is 0 Å². The Morgan fingerprint density at radius 2 is 1.62 bits per heavy atom. The molecule has 0 radical (unpaired) electrons. The normalized spacial score (nSPS) is 12.3. The second-order valence-corrected chi connectivity index (χ2v) is 10.4. The van der Waals surface area contributed by atoms with E-state index in [4.69, 9.17) is 14.6 Å². The van der Waals surface area contributed by atoms with Gasteiger partial charge in [0, 0.05) is 30.6 Å². The van der Waals surface area contributed by atoms with E-state index in [1.807, 2.05) is 36.4 Å². The minimum atomic E-state index is -0.948. The van der Waals surface area contributed by atoms with E-state index in [0.717, 1.165) is 22.3 Å². The number of carbonyl (C=O) groups excluding carboxylic acids is 2. The van der Waals surface area contributed by atoms with Crippen molar-refractivity contribution in [1.29, 1.82) is 0 Å². The number of aromatic nitrogens is 1. The maximum absolute atomic E-state index is 13.3. The van der Waals surface area contributed by atoms with Crippen molar-refractivity contribution >= 4 is 24.0 Å². The molecule has 9 nitrogen and oxygen atoms in total. The Labute approximate surface area is 227 Å². The Morgan fingerprint density at radius 1 is 0.974 bits per heavy atom. The molecule has 2 amide bonds. The lowest BCUT2D eigenvalue weighted by Gasteiger charge is -2.25. The minimum Gasteiger partial charge on any atom is -0.481 e. The number of carboxylic acids is 1. The third-order valence-corrected chi connectivity index (χ3v) is 6.28. The Balaban J connectivity index is 1.50. The summed E-state index contributed by atoms with van der Waals surface area (Å²) in [4.78, 5) is 42.5. The summed E-state index contributed by atoms with van der Waals surface area (Å²) in [6, 6.07) is 19.6. The molecule has 204 valence electrons. The molecule has 2 aromatic carbocycles. The zero-order chi connectivity index (χ0) is 28.0. The van der Waals surface area contributed by atoms with Gasteiger partial charge in [-0.1, -0.05) is 54.6 Å². The van der Waals surface area contributed by atoms with Crippen LogP contribution in [0.5, 0.6) is 0 Å². The van der Waals surface area contributed by atoms with Crippen LogP contribution in [0, 0.1) is 0 Å². The number of ether oxygens (including phenoxy) is 2. The average molecular weight is 532 g/mol. The van der Waals surface area contributed by atoms with Crippen molar-refractivity contribution in [2.75, 3.05) is 18.5 Å². The van der Waals surface area contributed by atoms with Gasteiger partial charge in [0.15, 0.2) is 0 Å². The van der Waals surface area contributed by atoms with Crippen LogP contribution in [0.3, 0.4) is 0 Å². The molecule has 2 N–H and O–H groups in total. The molecular formula is C30H33N3O6. The van der Waals surface area contributed by atoms with Gasteiger partial charge in [0.1, 0.15) is 18.0 Å². The van der Waals surface area contributed by atoms with E-state index in [1.165, 1.54) is 11.1 Å². The first-order valence-corrected chi connectivity index (χ1v) is 12.9. The number of carboxylic acid groups (broad SMARTS) is 1. The van der Waals surface area contributed by atoms with Crippen molar-refractivity contribution in [3.63, 3.8) is 0 Å². The first kappa shape index (κ1) is 27.6. The number of rotatable bonds is 9. The first-order chi connectivity index (χ1) is 18.6. The van der Waals surface area contributed by atoms with Crippen molar-refractivity contribution in [3.05, 3.63) is 83.6 Å². The fraction of sp³-hybridized carbons (Fsp3) is 0.333. The van der Waals surface area contributed by atoms with Crippen molar-refractivity contribution in [1.82, 2.24) is 9.88 Å². The molecule has 0 fully saturated rings. The van der Waals surface area contributed by atoms with Crippen LogP contribution in [0.15, 0.2) is 66.9 Å². The third kappa shape index (κ3) is 7.13. The van der Waals surface area contributed by atoms with Crippen molar-refractivity contribution in [2.24, 2.45) is 0 Å². The average Bonchev–Trinajstić information content (AvgIpc) is 3.20. The number of aliphatic carboxylic acids is 1. The minimum absolute atomic E-state index is 0.0647. The lowest BCUT2D eigenvalue weighted by molar-refractivity contribution is -0.137. The second kappa shape index (κ2) is 12.0. The van der Waals surface area contributed by atoms with Crippen LogP contribution in [0.2, 0.25) is 0 Å². The summed E-state index contributed by atoms with van der Waals surface area (Å²) < 4.78 is 11.2. The van der Waals surface area contributed by atoms with Gasteiger partial charge < -0.3 is 19.5 Å². The van der Waals surface area contributed by atoms with Crippen molar-refractivity contribution < 1.29 is 29.0 Å². The topological polar surface area (TPSA) is 118 Å². The number of carbonyl (C=O) groups is 3. The molecule has 0 bridgehead atoms. The summed E-state index contributed by atoms with van der Waals surface area (Å²) in [5.41, 5.74) is 4.32. The predicted molar refractivity (Wildman–Crippen MR) is 146 cm³/mol. The number of anilines is 1. The maximum Gasteiger partial charge on any atom is 0.413 e. The van der Waals surface area contributed by atoms with Gasteiger partial charge in [-0.05, 0) is 55.5 Å². The largest absolute Gasteiger partial charge is 0.481 e. The van der Waals surface area contributed by atoms with Gasteiger partial charge in [0.25, 0.3) is 0 Å². The van der Waals surface area contributed by atoms with Crippen molar-refractivity contribution in [3.8, 4) is 11.1 Å². The van der Waals surface area contributed by atoms with Crippen molar-refractivity contribution in [2.45, 2.75) is 51.7 Å². The summed E-state index contributed by atoms with van der Waals surface area (Å²) in [5.74, 6) is -0.803. The standard InChI is InChI=1S/C30H33N3O6/c1-30(2,3)39-28(36)32-27-20(10-8-16-31-27)18-33(17-9-15-26(34)35)29(37)38-19-25-23-13-6-4-11-21(23)22-12-5-7-14-24(22)25/h4-8,10-14,16,25H,9,15,17-19H2,1-3H3,(H,34,35)(H,31,32,36). The first-order valence-electron chi connectivity index (χ1n) is 12.9. The monoisotopic (exact) mass is 531 g/mol. The number of hydrogen-bond donors (Lipinski definition) is 2. The molecule has 0 unspecified atom stereocenters. The SMILES string of the molecule is CC(C)(C)OC(=O)Nc1ncccc1CN(CCCC(=O)O)C(=O)OCC1c2ccccc2-c2ccccc21. The number of benzene rings is 2. The van der Waals surface area contributed by atoms with E-state index in [0.29, 0.717) is 5.56 Å². The molecule has 0 saturated carbocycles. The van der Waals surface area contributed by atoms with Crippen LogP contribution in [0.1, 0.15) is 56.2 Å². The fourth-order valence-electron chi connectivity index (χ4n) is 4.63. The lowest BCUT2D eigenvalue weighted by Crippen LogP contribution is -2.34.